The van der Waals surface area contributed by atoms with E-state index < -0.39 is 11.7 Å². The Bertz CT molecular complexity index is 549. The molecule has 0 fully saturated rings. The Labute approximate surface area is 127 Å². The number of rotatable bonds is 1. The lowest BCUT2D eigenvalue weighted by Crippen LogP contribution is -2.36. The molecule has 5 heteroatoms. The molecule has 0 aliphatic heterocycles. The highest BCUT2D eigenvalue weighted by Gasteiger charge is 2.28. The molecule has 0 aromatic heterocycles. The minimum atomic E-state index is -0.531. The van der Waals surface area contributed by atoms with Gasteiger partial charge in [-0.25, -0.2) is 4.79 Å². The van der Waals surface area contributed by atoms with Gasteiger partial charge in [-0.2, -0.15) is 0 Å². The molecule has 1 amide bonds. The number of ketones is 1. The van der Waals surface area contributed by atoms with Crippen LogP contribution in [0.15, 0.2) is 22.7 Å². The summed E-state index contributed by atoms with van der Waals surface area (Å²) in [5.41, 5.74) is 0.999. The first-order chi connectivity index (χ1) is 9.26. The normalized spacial score (nSPS) is 18.4. The van der Waals surface area contributed by atoms with Crippen LogP contribution in [0.2, 0.25) is 0 Å². The molecule has 1 N–H and O–H groups in total. The van der Waals surface area contributed by atoms with E-state index in [2.05, 4.69) is 21.2 Å². The maximum atomic E-state index is 11.9. The second-order valence-electron chi connectivity index (χ2n) is 5.89. The molecule has 0 spiro atoms. The van der Waals surface area contributed by atoms with Crippen LogP contribution < -0.4 is 5.32 Å². The van der Waals surface area contributed by atoms with E-state index in [9.17, 15) is 9.59 Å². The molecule has 108 valence electrons. The van der Waals surface area contributed by atoms with Gasteiger partial charge in [0.1, 0.15) is 5.60 Å². The van der Waals surface area contributed by atoms with Crippen LogP contribution in [0.3, 0.4) is 0 Å². The molecule has 1 unspecified atom stereocenters. The van der Waals surface area contributed by atoms with Gasteiger partial charge < -0.3 is 10.1 Å². The number of hydrogen-bond acceptors (Lipinski definition) is 3. The first-order valence-corrected chi connectivity index (χ1v) is 7.38. The number of ether oxygens (including phenoxy) is 1. The fourth-order valence-corrected chi connectivity index (χ4v) is 2.60. The zero-order chi connectivity index (χ0) is 14.9. The van der Waals surface area contributed by atoms with Crippen molar-refractivity contribution in [2.45, 2.75) is 45.3 Å². The summed E-state index contributed by atoms with van der Waals surface area (Å²) < 4.78 is 6.13. The zero-order valence-corrected chi connectivity index (χ0v) is 13.4. The van der Waals surface area contributed by atoms with E-state index in [-0.39, 0.29) is 11.8 Å². The molecule has 1 aromatic carbocycles. The SMILES string of the molecule is CC(C)(C)OC(=O)NC1CCC(=O)c2cc(Br)ccc21. The van der Waals surface area contributed by atoms with E-state index in [0.29, 0.717) is 18.4 Å². The van der Waals surface area contributed by atoms with Crippen molar-refractivity contribution < 1.29 is 14.3 Å². The third-order valence-electron chi connectivity index (χ3n) is 3.04. The van der Waals surface area contributed by atoms with Crippen molar-refractivity contribution >= 4 is 27.8 Å². The number of carbonyl (C=O) groups is 2. The summed E-state index contributed by atoms with van der Waals surface area (Å²) in [4.78, 5) is 23.8. The number of amides is 1. The lowest BCUT2D eigenvalue weighted by molar-refractivity contribution is 0.0495. The summed E-state index contributed by atoms with van der Waals surface area (Å²) in [6.45, 7) is 5.46. The number of benzene rings is 1. The summed E-state index contributed by atoms with van der Waals surface area (Å²) in [5.74, 6) is 0.114. The summed E-state index contributed by atoms with van der Waals surface area (Å²) in [7, 11) is 0. The molecule has 0 bridgehead atoms. The maximum absolute atomic E-state index is 11.9. The van der Waals surface area contributed by atoms with Gasteiger partial charge in [-0.1, -0.05) is 22.0 Å². The number of carbonyl (C=O) groups excluding carboxylic acids is 2. The van der Waals surface area contributed by atoms with E-state index in [1.54, 1.807) is 6.07 Å². The van der Waals surface area contributed by atoms with Crippen LogP contribution in [0.5, 0.6) is 0 Å². The Morgan fingerprint density at radius 1 is 1.40 bits per heavy atom. The van der Waals surface area contributed by atoms with E-state index >= 15 is 0 Å². The predicted octanol–water partition coefficient (Wildman–Crippen LogP) is 3.99. The lowest BCUT2D eigenvalue weighted by Gasteiger charge is -2.27. The molecule has 0 saturated heterocycles. The molecular weight excluding hydrogens is 322 g/mol. The number of alkyl carbamates (subject to hydrolysis) is 1. The molecule has 0 saturated carbocycles. The molecule has 2 rings (SSSR count). The standard InChI is InChI=1S/C15H18BrNO3/c1-15(2,3)20-14(19)17-12-6-7-13(18)11-8-9(16)4-5-10(11)12/h4-5,8,12H,6-7H2,1-3H3,(H,17,19). The van der Waals surface area contributed by atoms with E-state index in [4.69, 9.17) is 4.74 Å². The summed E-state index contributed by atoms with van der Waals surface area (Å²) in [6, 6.07) is 5.38. The van der Waals surface area contributed by atoms with Crippen LogP contribution in [-0.2, 0) is 4.74 Å². The predicted molar refractivity (Wildman–Crippen MR) is 79.8 cm³/mol. The molecule has 0 heterocycles. The average molecular weight is 340 g/mol. The van der Waals surface area contributed by atoms with Gasteiger partial charge in [-0.3, -0.25) is 4.79 Å². The Hall–Kier alpha value is -1.36. The van der Waals surface area contributed by atoms with Crippen molar-refractivity contribution in [1.82, 2.24) is 5.32 Å². The number of Topliss-reactive ketones (excluding diaryl/α,β-unsaturated/α-hetero) is 1. The summed E-state index contributed by atoms with van der Waals surface area (Å²) in [6.07, 6.45) is 0.585. The Balaban J connectivity index is 2.18. The van der Waals surface area contributed by atoms with Gasteiger partial charge in [-0.05, 0) is 44.9 Å². The second-order valence-corrected chi connectivity index (χ2v) is 6.81. The summed E-state index contributed by atoms with van der Waals surface area (Å²) >= 11 is 3.36. The van der Waals surface area contributed by atoms with Gasteiger partial charge in [-0.15, -0.1) is 0 Å². The minimum Gasteiger partial charge on any atom is -0.444 e. The molecule has 1 aromatic rings. The maximum Gasteiger partial charge on any atom is 0.408 e. The molecule has 4 nitrogen and oxygen atoms in total. The highest BCUT2D eigenvalue weighted by atomic mass is 79.9. The molecular formula is C15H18BrNO3. The number of nitrogens with one attached hydrogen (secondary N) is 1. The van der Waals surface area contributed by atoms with E-state index in [1.165, 1.54) is 0 Å². The van der Waals surface area contributed by atoms with Gasteiger partial charge in [0.15, 0.2) is 5.78 Å². The Morgan fingerprint density at radius 3 is 2.75 bits per heavy atom. The fraction of sp³-hybridized carbons (Fsp3) is 0.467. The van der Waals surface area contributed by atoms with Crippen LogP contribution in [-0.4, -0.2) is 17.5 Å². The molecule has 1 aliphatic rings. The molecule has 0 radical (unpaired) electrons. The monoisotopic (exact) mass is 339 g/mol. The highest BCUT2D eigenvalue weighted by Crippen LogP contribution is 2.31. The first kappa shape index (κ1) is 15.0. The number of halogens is 1. The van der Waals surface area contributed by atoms with Crippen LogP contribution in [0, 0.1) is 0 Å². The average Bonchev–Trinajstić information content (AvgIpc) is 2.30. The van der Waals surface area contributed by atoms with Crippen molar-refractivity contribution in [3.8, 4) is 0 Å². The highest BCUT2D eigenvalue weighted by molar-refractivity contribution is 9.10. The summed E-state index contributed by atoms with van der Waals surface area (Å²) in [5, 5.41) is 2.84. The van der Waals surface area contributed by atoms with Crippen molar-refractivity contribution in [1.29, 1.82) is 0 Å². The first-order valence-electron chi connectivity index (χ1n) is 6.58. The number of hydrogen-bond donors (Lipinski definition) is 1. The van der Waals surface area contributed by atoms with Gasteiger partial charge in [0.25, 0.3) is 0 Å². The van der Waals surface area contributed by atoms with Gasteiger partial charge >= 0.3 is 6.09 Å². The Morgan fingerprint density at radius 2 is 2.10 bits per heavy atom. The van der Waals surface area contributed by atoms with Crippen LogP contribution in [0.1, 0.15) is 55.6 Å². The largest absolute Gasteiger partial charge is 0.444 e. The fourth-order valence-electron chi connectivity index (χ4n) is 2.24. The van der Waals surface area contributed by atoms with Gasteiger partial charge in [0.2, 0.25) is 0 Å². The van der Waals surface area contributed by atoms with Crippen LogP contribution >= 0.6 is 15.9 Å². The molecule has 1 atom stereocenters. The van der Waals surface area contributed by atoms with Gasteiger partial charge in [0.05, 0.1) is 6.04 Å². The second kappa shape index (κ2) is 5.56. The topological polar surface area (TPSA) is 55.4 Å². The van der Waals surface area contributed by atoms with E-state index in [0.717, 1.165) is 10.0 Å². The quantitative estimate of drug-likeness (QED) is 0.841. The van der Waals surface area contributed by atoms with E-state index in [1.807, 2.05) is 32.9 Å². The van der Waals surface area contributed by atoms with Crippen molar-refractivity contribution in [3.05, 3.63) is 33.8 Å². The lowest BCUT2D eigenvalue weighted by atomic mass is 9.87. The zero-order valence-electron chi connectivity index (χ0n) is 11.8. The smallest absolute Gasteiger partial charge is 0.408 e. The van der Waals surface area contributed by atoms with Crippen LogP contribution in [0.25, 0.3) is 0 Å². The van der Waals surface area contributed by atoms with Crippen molar-refractivity contribution in [3.63, 3.8) is 0 Å². The molecule has 1 aliphatic carbocycles. The third-order valence-corrected chi connectivity index (χ3v) is 3.54. The van der Waals surface area contributed by atoms with Gasteiger partial charge in [0, 0.05) is 16.5 Å². The number of fused-ring (bicyclic) bond motifs is 1. The van der Waals surface area contributed by atoms with Crippen molar-refractivity contribution in [2.75, 3.05) is 0 Å². The Kier molecular flexibility index (Phi) is 4.18. The minimum absolute atomic E-state index is 0.114. The van der Waals surface area contributed by atoms with Crippen LogP contribution in [0.4, 0.5) is 4.79 Å². The van der Waals surface area contributed by atoms with Crippen molar-refractivity contribution in [2.24, 2.45) is 0 Å². The third kappa shape index (κ3) is 3.60. The molecule has 20 heavy (non-hydrogen) atoms.